The van der Waals surface area contributed by atoms with Gasteiger partial charge in [-0.25, -0.2) is 0 Å². The number of aryl methyl sites for hydroxylation is 1. The molecular weight excluding hydrogens is 314 g/mol. The van der Waals surface area contributed by atoms with Crippen molar-refractivity contribution in [3.63, 3.8) is 0 Å². The molecule has 0 bridgehead atoms. The van der Waals surface area contributed by atoms with Crippen molar-refractivity contribution < 1.29 is 14.9 Å². The SMILES string of the molecule is Cc1cc2c(cc1O)CC1c3c(cc(O)c(OC(C)C)c3-2)CCN1C. The summed E-state index contributed by atoms with van der Waals surface area (Å²) in [5, 5.41) is 20.9. The van der Waals surface area contributed by atoms with E-state index >= 15 is 0 Å². The second kappa shape index (κ2) is 5.67. The van der Waals surface area contributed by atoms with E-state index in [1.807, 2.05) is 39.0 Å². The average molecular weight is 339 g/mol. The Hall–Kier alpha value is -2.20. The number of phenols is 2. The summed E-state index contributed by atoms with van der Waals surface area (Å²) in [6, 6.07) is 6.04. The molecule has 2 aromatic rings. The maximum absolute atomic E-state index is 10.7. The normalized spacial score (nSPS) is 18.8. The lowest BCUT2D eigenvalue weighted by Gasteiger charge is -2.40. The molecule has 132 valence electrons. The lowest BCUT2D eigenvalue weighted by Crippen LogP contribution is -2.35. The molecule has 0 saturated carbocycles. The minimum Gasteiger partial charge on any atom is -0.508 e. The number of aromatic hydroxyl groups is 2. The topological polar surface area (TPSA) is 52.9 Å². The van der Waals surface area contributed by atoms with E-state index in [9.17, 15) is 10.2 Å². The summed E-state index contributed by atoms with van der Waals surface area (Å²) in [6.07, 6.45) is 1.77. The van der Waals surface area contributed by atoms with E-state index in [-0.39, 0.29) is 17.9 Å². The van der Waals surface area contributed by atoms with Crippen LogP contribution in [0.1, 0.15) is 42.1 Å². The molecule has 1 aliphatic carbocycles. The van der Waals surface area contributed by atoms with Crippen molar-refractivity contribution in [3.8, 4) is 28.4 Å². The molecule has 4 nitrogen and oxygen atoms in total. The van der Waals surface area contributed by atoms with Gasteiger partial charge in [-0.3, -0.25) is 4.90 Å². The molecular formula is C21H25NO3. The van der Waals surface area contributed by atoms with Gasteiger partial charge in [-0.05, 0) is 86.7 Å². The van der Waals surface area contributed by atoms with Gasteiger partial charge in [0.15, 0.2) is 11.5 Å². The molecule has 25 heavy (non-hydrogen) atoms. The first kappa shape index (κ1) is 16.3. The molecule has 0 amide bonds. The molecule has 0 radical (unpaired) electrons. The van der Waals surface area contributed by atoms with Crippen molar-refractivity contribution in [3.05, 3.63) is 40.5 Å². The van der Waals surface area contributed by atoms with Gasteiger partial charge in [0, 0.05) is 18.2 Å². The number of likely N-dealkylation sites (N-methyl/N-ethyl adjacent to an activating group) is 1. The highest BCUT2D eigenvalue weighted by atomic mass is 16.5. The van der Waals surface area contributed by atoms with Crippen LogP contribution in [0.2, 0.25) is 0 Å². The van der Waals surface area contributed by atoms with Gasteiger partial charge in [-0.2, -0.15) is 0 Å². The molecule has 1 heterocycles. The monoisotopic (exact) mass is 339 g/mol. The van der Waals surface area contributed by atoms with Crippen molar-refractivity contribution in [1.29, 1.82) is 0 Å². The largest absolute Gasteiger partial charge is 0.508 e. The number of phenolic OH excluding ortho intramolecular Hbond substituents is 2. The summed E-state index contributed by atoms with van der Waals surface area (Å²) in [5.74, 6) is 1.11. The highest BCUT2D eigenvalue weighted by molar-refractivity contribution is 5.84. The van der Waals surface area contributed by atoms with E-state index < -0.39 is 0 Å². The van der Waals surface area contributed by atoms with Crippen molar-refractivity contribution in [2.24, 2.45) is 0 Å². The first-order valence-corrected chi connectivity index (χ1v) is 8.95. The van der Waals surface area contributed by atoms with Crippen LogP contribution in [0, 0.1) is 6.92 Å². The maximum Gasteiger partial charge on any atom is 0.169 e. The van der Waals surface area contributed by atoms with Crippen LogP contribution < -0.4 is 4.74 Å². The molecule has 0 aromatic heterocycles. The van der Waals surface area contributed by atoms with E-state index in [1.54, 1.807) is 0 Å². The summed E-state index contributed by atoms with van der Waals surface area (Å²) < 4.78 is 6.05. The lowest BCUT2D eigenvalue weighted by atomic mass is 9.76. The van der Waals surface area contributed by atoms with E-state index in [2.05, 4.69) is 11.9 Å². The van der Waals surface area contributed by atoms with Crippen LogP contribution in [-0.4, -0.2) is 34.8 Å². The first-order chi connectivity index (χ1) is 11.9. The Bertz CT molecular complexity index is 857. The van der Waals surface area contributed by atoms with Crippen LogP contribution in [0.5, 0.6) is 17.2 Å². The predicted octanol–water partition coefficient (Wildman–Crippen LogP) is 3.95. The minimum absolute atomic E-state index is 0.0245. The van der Waals surface area contributed by atoms with Gasteiger partial charge in [-0.1, -0.05) is 0 Å². The molecule has 0 spiro atoms. The first-order valence-electron chi connectivity index (χ1n) is 8.95. The molecule has 2 aliphatic rings. The molecule has 2 N–H and O–H groups in total. The second-order valence-electron chi connectivity index (χ2n) is 7.59. The number of ether oxygens (including phenoxy) is 1. The maximum atomic E-state index is 10.7. The van der Waals surface area contributed by atoms with Crippen molar-refractivity contribution in [2.45, 2.75) is 45.8 Å². The van der Waals surface area contributed by atoms with Crippen molar-refractivity contribution >= 4 is 0 Å². The molecule has 1 aliphatic heterocycles. The number of fused-ring (bicyclic) bond motifs is 2. The van der Waals surface area contributed by atoms with Gasteiger partial charge >= 0.3 is 0 Å². The summed E-state index contributed by atoms with van der Waals surface area (Å²) in [4.78, 5) is 2.36. The Morgan fingerprint density at radius 1 is 1.12 bits per heavy atom. The molecule has 1 atom stereocenters. The fraction of sp³-hybridized carbons (Fsp3) is 0.429. The Balaban J connectivity index is 2.06. The Morgan fingerprint density at radius 3 is 2.56 bits per heavy atom. The van der Waals surface area contributed by atoms with Crippen LogP contribution in [-0.2, 0) is 12.8 Å². The zero-order chi connectivity index (χ0) is 17.9. The highest BCUT2D eigenvalue weighted by Gasteiger charge is 2.36. The predicted molar refractivity (Wildman–Crippen MR) is 98.5 cm³/mol. The van der Waals surface area contributed by atoms with Crippen LogP contribution in [0.15, 0.2) is 18.2 Å². The summed E-state index contributed by atoms with van der Waals surface area (Å²) >= 11 is 0. The zero-order valence-electron chi connectivity index (χ0n) is 15.3. The van der Waals surface area contributed by atoms with Crippen LogP contribution >= 0.6 is 0 Å². The second-order valence-corrected chi connectivity index (χ2v) is 7.59. The summed E-state index contributed by atoms with van der Waals surface area (Å²) in [7, 11) is 2.15. The molecule has 4 rings (SSSR count). The van der Waals surface area contributed by atoms with Gasteiger partial charge < -0.3 is 14.9 Å². The standard InChI is InChI=1S/C21H25NO3/c1-11(2)25-21-18(24)9-13-5-6-22(4)16-8-14-10-17(23)12(3)7-15(14)20(21)19(13)16/h7,9-11,16,23-24H,5-6,8H2,1-4H3. The summed E-state index contributed by atoms with van der Waals surface area (Å²) in [5.41, 5.74) is 6.52. The van der Waals surface area contributed by atoms with Gasteiger partial charge in [0.1, 0.15) is 5.75 Å². The molecule has 4 heteroatoms. The van der Waals surface area contributed by atoms with Crippen LogP contribution in [0.3, 0.4) is 0 Å². The van der Waals surface area contributed by atoms with Crippen molar-refractivity contribution in [2.75, 3.05) is 13.6 Å². The average Bonchev–Trinajstić information content (AvgIpc) is 2.54. The Labute approximate surface area is 148 Å². The number of benzene rings is 2. The molecule has 0 saturated heterocycles. The van der Waals surface area contributed by atoms with E-state index in [1.165, 1.54) is 11.1 Å². The fourth-order valence-electron chi connectivity index (χ4n) is 4.21. The van der Waals surface area contributed by atoms with Crippen LogP contribution in [0.25, 0.3) is 11.1 Å². The number of rotatable bonds is 2. The minimum atomic E-state index is -0.0245. The van der Waals surface area contributed by atoms with Gasteiger partial charge in [0.05, 0.1) is 6.10 Å². The molecule has 1 unspecified atom stereocenters. The number of hydrogen-bond acceptors (Lipinski definition) is 4. The van der Waals surface area contributed by atoms with E-state index in [4.69, 9.17) is 4.74 Å². The lowest BCUT2D eigenvalue weighted by molar-refractivity contribution is 0.217. The van der Waals surface area contributed by atoms with E-state index in [0.29, 0.717) is 11.5 Å². The summed E-state index contributed by atoms with van der Waals surface area (Å²) in [6.45, 7) is 6.82. The third kappa shape index (κ3) is 2.47. The number of hydrogen-bond donors (Lipinski definition) is 2. The Morgan fingerprint density at radius 2 is 1.84 bits per heavy atom. The van der Waals surface area contributed by atoms with Gasteiger partial charge in [0.25, 0.3) is 0 Å². The van der Waals surface area contributed by atoms with Gasteiger partial charge in [0.2, 0.25) is 0 Å². The molecule has 0 fully saturated rings. The third-order valence-corrected chi connectivity index (χ3v) is 5.44. The quantitative estimate of drug-likeness (QED) is 0.870. The number of nitrogens with zero attached hydrogens (tertiary/aromatic N) is 1. The molecule has 2 aromatic carbocycles. The third-order valence-electron chi connectivity index (χ3n) is 5.44. The zero-order valence-corrected chi connectivity index (χ0v) is 15.3. The van der Waals surface area contributed by atoms with Gasteiger partial charge in [-0.15, -0.1) is 0 Å². The smallest absolute Gasteiger partial charge is 0.169 e. The van der Waals surface area contributed by atoms with Crippen LogP contribution in [0.4, 0.5) is 0 Å². The fourth-order valence-corrected chi connectivity index (χ4v) is 4.21. The van der Waals surface area contributed by atoms with E-state index in [0.717, 1.165) is 41.6 Å². The Kier molecular flexibility index (Phi) is 3.69. The highest BCUT2D eigenvalue weighted by Crippen LogP contribution is 2.53. The van der Waals surface area contributed by atoms with Crippen molar-refractivity contribution in [1.82, 2.24) is 4.90 Å².